The number of rotatable bonds is 8. The first-order valence-electron chi connectivity index (χ1n) is 8.19. The first-order chi connectivity index (χ1) is 11.7. The van der Waals surface area contributed by atoms with Crippen LogP contribution in [0.1, 0.15) is 25.8 Å². The van der Waals surface area contributed by atoms with Crippen LogP contribution in [0.3, 0.4) is 0 Å². The van der Waals surface area contributed by atoms with Gasteiger partial charge in [-0.05, 0) is 12.0 Å². The molecule has 0 saturated carbocycles. The van der Waals surface area contributed by atoms with Crippen LogP contribution in [0.4, 0.5) is 4.79 Å². The summed E-state index contributed by atoms with van der Waals surface area (Å²) in [4.78, 5) is 23.8. The molecule has 0 radical (unpaired) electrons. The van der Waals surface area contributed by atoms with E-state index >= 15 is 0 Å². The van der Waals surface area contributed by atoms with Crippen molar-refractivity contribution in [2.24, 2.45) is 0 Å². The number of nitrogens with zero attached hydrogens (tertiary/aromatic N) is 1. The molecule has 1 aliphatic heterocycles. The van der Waals surface area contributed by atoms with Crippen LogP contribution in [-0.2, 0) is 20.0 Å². The minimum absolute atomic E-state index is 0.0484. The van der Waals surface area contributed by atoms with Crippen LogP contribution >= 0.6 is 0 Å². The summed E-state index contributed by atoms with van der Waals surface area (Å²) in [6, 6.07) is 9.20. The monoisotopic (exact) mass is 364 g/mol. The van der Waals surface area contributed by atoms with Crippen molar-refractivity contribution < 1.29 is 18.0 Å². The fourth-order valence-corrected chi connectivity index (χ4v) is 4.70. The van der Waals surface area contributed by atoms with Crippen molar-refractivity contribution in [3.63, 3.8) is 0 Å². The average molecular weight is 364 g/mol. The lowest BCUT2D eigenvalue weighted by atomic mass is 9.87. The molecule has 1 heterocycles. The topological polar surface area (TPSA) is 83.6 Å². The SMILES string of the molecule is CC(C)(CS(=O)(=O)CC/C=C\CN1CC(=O)NC1=O)c1ccccc1. The molecule has 0 bridgehead atoms. The fourth-order valence-electron chi connectivity index (χ4n) is 2.79. The predicted molar refractivity (Wildman–Crippen MR) is 97.0 cm³/mol. The van der Waals surface area contributed by atoms with Gasteiger partial charge in [-0.15, -0.1) is 0 Å². The molecule has 0 aliphatic carbocycles. The Bertz CT molecular complexity index is 755. The number of hydrogen-bond donors (Lipinski definition) is 1. The molecule has 1 saturated heterocycles. The first-order valence-corrected chi connectivity index (χ1v) is 10.0. The lowest BCUT2D eigenvalue weighted by Crippen LogP contribution is -2.29. The van der Waals surface area contributed by atoms with Gasteiger partial charge in [-0.25, -0.2) is 13.2 Å². The van der Waals surface area contributed by atoms with Crippen molar-refractivity contribution in [2.75, 3.05) is 24.6 Å². The molecule has 1 aliphatic rings. The zero-order chi connectivity index (χ0) is 18.5. The molecule has 3 amide bonds. The maximum atomic E-state index is 12.4. The van der Waals surface area contributed by atoms with Crippen molar-refractivity contribution in [3.05, 3.63) is 48.0 Å². The van der Waals surface area contributed by atoms with Crippen molar-refractivity contribution in [3.8, 4) is 0 Å². The summed E-state index contributed by atoms with van der Waals surface area (Å²) in [6.45, 7) is 4.21. The van der Waals surface area contributed by atoms with E-state index in [4.69, 9.17) is 0 Å². The number of imide groups is 1. The second-order valence-corrected chi connectivity index (χ2v) is 9.02. The quantitative estimate of drug-likeness (QED) is 0.564. The van der Waals surface area contributed by atoms with Crippen molar-refractivity contribution in [2.45, 2.75) is 25.7 Å². The van der Waals surface area contributed by atoms with Crippen LogP contribution in [0.15, 0.2) is 42.5 Å². The van der Waals surface area contributed by atoms with E-state index in [9.17, 15) is 18.0 Å². The number of carbonyl (C=O) groups excluding carboxylic acids is 2. The van der Waals surface area contributed by atoms with Gasteiger partial charge in [0.1, 0.15) is 6.54 Å². The average Bonchev–Trinajstić information content (AvgIpc) is 2.84. The number of benzene rings is 1. The standard InChI is InChI=1S/C18H24N2O4S/c1-18(2,15-9-5-3-6-10-15)14-25(23,24)12-8-4-7-11-20-13-16(21)19-17(20)22/h3-7,9-10H,8,11-14H2,1-2H3,(H,19,21,22)/b7-4-. The molecule has 136 valence electrons. The van der Waals surface area contributed by atoms with E-state index in [0.717, 1.165) is 5.56 Å². The number of nitrogens with one attached hydrogen (secondary N) is 1. The third-order valence-corrected chi connectivity index (χ3v) is 6.11. The third kappa shape index (κ3) is 5.70. The van der Waals surface area contributed by atoms with Crippen LogP contribution in [0.25, 0.3) is 0 Å². The second kappa shape index (κ2) is 7.82. The maximum absolute atomic E-state index is 12.4. The van der Waals surface area contributed by atoms with Gasteiger partial charge in [0, 0.05) is 12.0 Å². The Kier molecular flexibility index (Phi) is 6.00. The largest absolute Gasteiger partial charge is 0.324 e. The molecule has 6 nitrogen and oxygen atoms in total. The highest BCUT2D eigenvalue weighted by molar-refractivity contribution is 7.91. The van der Waals surface area contributed by atoms with E-state index in [1.807, 2.05) is 44.2 Å². The van der Waals surface area contributed by atoms with E-state index in [-0.39, 0.29) is 24.0 Å². The van der Waals surface area contributed by atoms with Gasteiger partial charge in [-0.3, -0.25) is 10.1 Å². The Morgan fingerprint density at radius 3 is 2.44 bits per heavy atom. The fraction of sp³-hybridized carbons (Fsp3) is 0.444. The van der Waals surface area contributed by atoms with E-state index in [1.54, 1.807) is 12.2 Å². The number of urea groups is 1. The smallest absolute Gasteiger partial charge is 0.311 e. The van der Waals surface area contributed by atoms with Crippen molar-refractivity contribution in [1.29, 1.82) is 0 Å². The number of sulfone groups is 1. The predicted octanol–water partition coefficient (Wildman–Crippen LogP) is 1.88. The normalized spacial score (nSPS) is 15.8. The van der Waals surface area contributed by atoms with Crippen molar-refractivity contribution >= 4 is 21.8 Å². The summed E-state index contributed by atoms with van der Waals surface area (Å²) in [5.41, 5.74) is 0.552. The lowest BCUT2D eigenvalue weighted by Gasteiger charge is -2.24. The minimum atomic E-state index is -3.20. The second-order valence-electron chi connectivity index (χ2n) is 6.84. The van der Waals surface area contributed by atoms with Gasteiger partial charge in [0.05, 0.1) is 11.5 Å². The molecule has 0 unspecified atom stereocenters. The Labute approximate surface area is 148 Å². The molecule has 0 spiro atoms. The highest BCUT2D eigenvalue weighted by Crippen LogP contribution is 2.25. The van der Waals surface area contributed by atoms with Gasteiger partial charge in [0.25, 0.3) is 0 Å². The molecule has 1 aromatic carbocycles. The number of carbonyl (C=O) groups is 2. The van der Waals surface area contributed by atoms with Gasteiger partial charge in [-0.1, -0.05) is 56.3 Å². The number of hydrogen-bond acceptors (Lipinski definition) is 4. The van der Waals surface area contributed by atoms with Crippen LogP contribution in [0.5, 0.6) is 0 Å². The summed E-state index contributed by atoms with van der Waals surface area (Å²) in [5.74, 6) is -0.171. The summed E-state index contributed by atoms with van der Waals surface area (Å²) >= 11 is 0. The summed E-state index contributed by atoms with van der Waals surface area (Å²) in [6.07, 6.45) is 3.84. The van der Waals surface area contributed by atoms with Crippen LogP contribution in [0.2, 0.25) is 0 Å². The summed E-state index contributed by atoms with van der Waals surface area (Å²) in [5, 5.41) is 2.19. The Morgan fingerprint density at radius 2 is 1.84 bits per heavy atom. The Hall–Kier alpha value is -2.15. The first kappa shape index (κ1) is 19.2. The Balaban J connectivity index is 1.82. The highest BCUT2D eigenvalue weighted by Gasteiger charge is 2.27. The van der Waals surface area contributed by atoms with E-state index in [1.165, 1.54) is 4.90 Å². The van der Waals surface area contributed by atoms with Crippen LogP contribution < -0.4 is 5.32 Å². The van der Waals surface area contributed by atoms with Crippen molar-refractivity contribution in [1.82, 2.24) is 10.2 Å². The van der Waals surface area contributed by atoms with Crippen LogP contribution in [0, 0.1) is 0 Å². The molecule has 2 rings (SSSR count). The van der Waals surface area contributed by atoms with Crippen LogP contribution in [-0.4, -0.2) is 49.9 Å². The zero-order valence-corrected chi connectivity index (χ0v) is 15.4. The van der Waals surface area contributed by atoms with E-state index in [2.05, 4.69) is 5.32 Å². The highest BCUT2D eigenvalue weighted by atomic mass is 32.2. The maximum Gasteiger partial charge on any atom is 0.324 e. The molecule has 0 atom stereocenters. The van der Waals surface area contributed by atoms with Gasteiger partial charge in [0.15, 0.2) is 9.84 Å². The third-order valence-electron chi connectivity index (χ3n) is 4.09. The van der Waals surface area contributed by atoms with Gasteiger partial charge >= 0.3 is 6.03 Å². The molecular weight excluding hydrogens is 340 g/mol. The van der Waals surface area contributed by atoms with Gasteiger partial charge < -0.3 is 4.90 Å². The summed E-state index contributed by atoms with van der Waals surface area (Å²) < 4.78 is 24.8. The van der Waals surface area contributed by atoms with E-state index < -0.39 is 21.3 Å². The molecule has 1 fully saturated rings. The number of amides is 3. The minimum Gasteiger partial charge on any atom is -0.311 e. The lowest BCUT2D eigenvalue weighted by molar-refractivity contribution is -0.118. The zero-order valence-electron chi connectivity index (χ0n) is 14.6. The summed E-state index contributed by atoms with van der Waals surface area (Å²) in [7, 11) is -3.20. The molecular formula is C18H24N2O4S. The molecule has 25 heavy (non-hydrogen) atoms. The molecule has 1 N–H and O–H groups in total. The molecule has 7 heteroatoms. The molecule has 1 aromatic rings. The van der Waals surface area contributed by atoms with E-state index in [0.29, 0.717) is 13.0 Å². The molecule has 0 aromatic heterocycles. The van der Waals surface area contributed by atoms with Gasteiger partial charge in [-0.2, -0.15) is 0 Å². The number of allylic oxidation sites excluding steroid dienone is 1. The Morgan fingerprint density at radius 1 is 1.16 bits per heavy atom. The van der Waals surface area contributed by atoms with Gasteiger partial charge in [0.2, 0.25) is 5.91 Å².